The summed E-state index contributed by atoms with van der Waals surface area (Å²) < 4.78 is 21.3. The Hall–Kier alpha value is -4.10. The van der Waals surface area contributed by atoms with E-state index in [1.54, 1.807) is 45.0 Å². The van der Waals surface area contributed by atoms with Crippen molar-refractivity contribution in [1.29, 1.82) is 0 Å². The first kappa shape index (κ1) is 33.4. The zero-order valence-electron chi connectivity index (χ0n) is 24.3. The Labute approximate surface area is 264 Å². The van der Waals surface area contributed by atoms with E-state index in [4.69, 9.17) is 18.9 Å². The second-order valence-corrected chi connectivity index (χ2v) is 10.1. The van der Waals surface area contributed by atoms with Crippen molar-refractivity contribution >= 4 is 46.4 Å². The molecule has 228 valence electrons. The molecule has 0 spiro atoms. The van der Waals surface area contributed by atoms with E-state index in [1.165, 1.54) is 37.3 Å². The summed E-state index contributed by atoms with van der Waals surface area (Å²) >= 11 is 1.01. The summed E-state index contributed by atoms with van der Waals surface area (Å²) in [5.74, 6) is -1.10. The highest BCUT2D eigenvalue weighted by Crippen LogP contribution is 2.39. The summed E-state index contributed by atoms with van der Waals surface area (Å²) in [4.78, 5) is 57.8. The molecule has 43 heavy (non-hydrogen) atoms. The van der Waals surface area contributed by atoms with Crippen LogP contribution in [0.5, 0.6) is 11.5 Å². The van der Waals surface area contributed by atoms with Crippen LogP contribution in [0.3, 0.4) is 0 Å². The van der Waals surface area contributed by atoms with Crippen molar-refractivity contribution in [2.75, 3.05) is 32.8 Å². The Morgan fingerprint density at radius 3 is 2.28 bits per heavy atom. The minimum atomic E-state index is -0.783. The molecule has 2 aromatic rings. The monoisotopic (exact) mass is 672 g/mol. The van der Waals surface area contributed by atoms with Gasteiger partial charge in [-0.3, -0.25) is 14.5 Å². The normalized spacial score (nSPS) is 15.8. The molecular weight excluding hydrogens is 642 g/mol. The maximum atomic E-state index is 13.6. The number of aliphatic imine (C=N–C) groups is 1. The number of thioether (sulfide) groups is 1. The number of hydrogen-bond acceptors (Lipinski definition) is 10. The molecular formula is C30H31BrN3O8S-. The van der Waals surface area contributed by atoms with E-state index in [0.717, 1.165) is 11.8 Å². The van der Waals surface area contributed by atoms with Crippen LogP contribution in [0, 0.1) is 0 Å². The smallest absolute Gasteiger partial charge is 0.338 e. The standard InChI is InChI=1S/C30H31N3O8S.BrH/c1-6-40-28(36)18-11-13-20(14-12-18)32-27(35)23-16-24(34)33-21(15-19-9-8-10-22(38-4)26(19)39-5)25(29(37)41-7-2)17(3)31-30(33)42-23;/h8-14,16,21H,6-7,15H2,1-5H3,(H,32,35);1H/p-1. The van der Waals surface area contributed by atoms with E-state index in [-0.39, 0.29) is 52.3 Å². The maximum Gasteiger partial charge on any atom is 0.338 e. The predicted molar refractivity (Wildman–Crippen MR) is 157 cm³/mol. The van der Waals surface area contributed by atoms with Gasteiger partial charge in [-0.15, -0.1) is 0 Å². The van der Waals surface area contributed by atoms with Crippen LogP contribution >= 0.6 is 11.8 Å². The van der Waals surface area contributed by atoms with Crippen molar-refractivity contribution in [3.05, 3.63) is 75.8 Å². The molecule has 0 bridgehead atoms. The summed E-state index contributed by atoms with van der Waals surface area (Å²) in [7, 11) is 3.04. The zero-order valence-corrected chi connectivity index (χ0v) is 26.7. The van der Waals surface area contributed by atoms with Crippen LogP contribution in [0.1, 0.15) is 36.7 Å². The molecule has 0 aromatic heterocycles. The molecule has 1 unspecified atom stereocenters. The highest BCUT2D eigenvalue weighted by molar-refractivity contribution is 8.18. The number of allylic oxidation sites excluding steroid dienone is 1. The van der Waals surface area contributed by atoms with Gasteiger partial charge in [-0.05, 0) is 62.9 Å². The van der Waals surface area contributed by atoms with Gasteiger partial charge in [0.15, 0.2) is 16.7 Å². The molecule has 0 fully saturated rings. The third-order valence-electron chi connectivity index (χ3n) is 6.47. The fourth-order valence-corrected chi connectivity index (χ4v) is 5.61. The molecule has 2 aliphatic rings. The van der Waals surface area contributed by atoms with Gasteiger partial charge in [0.25, 0.3) is 11.8 Å². The van der Waals surface area contributed by atoms with Gasteiger partial charge in [0.05, 0.1) is 55.2 Å². The van der Waals surface area contributed by atoms with Gasteiger partial charge in [0.1, 0.15) is 0 Å². The third kappa shape index (κ3) is 7.28. The van der Waals surface area contributed by atoms with Gasteiger partial charge in [-0.2, -0.15) is 0 Å². The fourth-order valence-electron chi connectivity index (χ4n) is 4.61. The molecule has 0 aliphatic carbocycles. The number of hydrogen-bond donors (Lipinski definition) is 1. The summed E-state index contributed by atoms with van der Waals surface area (Å²) in [6, 6.07) is 10.8. The summed E-state index contributed by atoms with van der Waals surface area (Å²) in [6.07, 6.45) is 1.41. The Bertz CT molecular complexity index is 1500. The minimum absolute atomic E-state index is 0. The van der Waals surface area contributed by atoms with Crippen LogP contribution in [0.2, 0.25) is 0 Å². The molecule has 0 saturated carbocycles. The molecule has 1 atom stereocenters. The Morgan fingerprint density at radius 2 is 1.65 bits per heavy atom. The largest absolute Gasteiger partial charge is 1.00 e. The first-order valence-corrected chi connectivity index (χ1v) is 14.0. The quantitative estimate of drug-likeness (QED) is 0.369. The lowest BCUT2D eigenvalue weighted by molar-refractivity contribution is -0.139. The average Bonchev–Trinajstić information content (AvgIpc) is 2.97. The lowest BCUT2D eigenvalue weighted by atomic mass is 9.94. The van der Waals surface area contributed by atoms with E-state index in [2.05, 4.69) is 10.3 Å². The van der Waals surface area contributed by atoms with Crippen LogP contribution in [0.25, 0.3) is 0 Å². The Kier molecular flexibility index (Phi) is 11.6. The van der Waals surface area contributed by atoms with Crippen molar-refractivity contribution in [1.82, 2.24) is 4.90 Å². The molecule has 1 N–H and O–H groups in total. The van der Waals surface area contributed by atoms with Gasteiger partial charge < -0.3 is 41.2 Å². The Balaban J connectivity index is 0.00000506. The number of ether oxygens (including phenoxy) is 4. The second-order valence-electron chi connectivity index (χ2n) is 9.06. The summed E-state index contributed by atoms with van der Waals surface area (Å²) in [5.41, 5.74) is 2.10. The van der Waals surface area contributed by atoms with Crippen LogP contribution in [-0.2, 0) is 30.3 Å². The number of methoxy groups -OCH3 is 2. The van der Waals surface area contributed by atoms with Crippen molar-refractivity contribution in [3.8, 4) is 11.5 Å². The number of fused-ring (bicyclic) bond motifs is 1. The molecule has 13 heteroatoms. The van der Waals surface area contributed by atoms with E-state index >= 15 is 0 Å². The second kappa shape index (κ2) is 14.9. The van der Waals surface area contributed by atoms with Crippen LogP contribution in [0.4, 0.5) is 5.69 Å². The fraction of sp³-hybridized carbons (Fsp3) is 0.300. The number of esters is 2. The number of amidine groups is 1. The van der Waals surface area contributed by atoms with E-state index in [0.29, 0.717) is 34.0 Å². The lowest BCUT2D eigenvalue weighted by Gasteiger charge is -2.38. The van der Waals surface area contributed by atoms with Crippen LogP contribution < -0.4 is 31.8 Å². The number of anilines is 1. The number of benzene rings is 2. The Morgan fingerprint density at radius 1 is 0.977 bits per heavy atom. The van der Waals surface area contributed by atoms with Crippen LogP contribution in [-0.4, -0.2) is 67.3 Å². The minimum Gasteiger partial charge on any atom is -1.00 e. The molecule has 0 saturated heterocycles. The van der Waals surface area contributed by atoms with Crippen molar-refractivity contribution < 1.29 is 55.1 Å². The van der Waals surface area contributed by atoms with Crippen LogP contribution in [0.15, 0.2) is 69.7 Å². The number of nitrogens with zero attached hydrogens (tertiary/aromatic N) is 2. The SMILES string of the molecule is CCOC(=O)C1=C(C)N=C2SC(C(=O)Nc3ccc(C(=O)OCC)cc3)=CC(=O)N2C1Cc1cccc(OC)c1OC.[Br-]. The number of para-hydroxylation sites is 1. The van der Waals surface area contributed by atoms with Gasteiger partial charge >= 0.3 is 11.9 Å². The number of rotatable bonds is 10. The summed E-state index contributed by atoms with van der Waals surface area (Å²) in [6.45, 7) is 5.48. The number of carbonyl (C=O) groups excluding carboxylic acids is 4. The highest BCUT2D eigenvalue weighted by atomic mass is 79.9. The topological polar surface area (TPSA) is 133 Å². The first-order chi connectivity index (χ1) is 20.2. The molecule has 2 heterocycles. The van der Waals surface area contributed by atoms with Gasteiger partial charge in [-0.25, -0.2) is 14.6 Å². The number of halogens is 1. The number of carbonyl (C=O) groups is 4. The van der Waals surface area contributed by atoms with Gasteiger partial charge in [0.2, 0.25) is 0 Å². The van der Waals surface area contributed by atoms with E-state index in [1.807, 2.05) is 6.07 Å². The van der Waals surface area contributed by atoms with Crippen molar-refractivity contribution in [2.24, 2.45) is 4.99 Å². The number of amides is 2. The van der Waals surface area contributed by atoms with E-state index < -0.39 is 29.8 Å². The molecule has 2 aliphatic heterocycles. The number of nitrogens with one attached hydrogen (secondary N) is 1. The molecule has 0 radical (unpaired) electrons. The maximum absolute atomic E-state index is 13.6. The zero-order chi connectivity index (χ0) is 30.4. The lowest BCUT2D eigenvalue weighted by Crippen LogP contribution is -3.00. The first-order valence-electron chi connectivity index (χ1n) is 13.2. The third-order valence-corrected chi connectivity index (χ3v) is 7.46. The summed E-state index contributed by atoms with van der Waals surface area (Å²) in [5, 5.41) is 2.99. The van der Waals surface area contributed by atoms with Gasteiger partial charge in [-0.1, -0.05) is 12.1 Å². The predicted octanol–water partition coefficient (Wildman–Crippen LogP) is 1.10. The average molecular weight is 674 g/mol. The van der Waals surface area contributed by atoms with E-state index in [9.17, 15) is 19.2 Å². The molecule has 11 nitrogen and oxygen atoms in total. The molecule has 2 amide bonds. The van der Waals surface area contributed by atoms with Crippen molar-refractivity contribution in [3.63, 3.8) is 0 Å². The van der Waals surface area contributed by atoms with Gasteiger partial charge in [0, 0.05) is 23.7 Å². The van der Waals surface area contributed by atoms with Crippen molar-refractivity contribution in [2.45, 2.75) is 33.2 Å². The molecule has 2 aromatic carbocycles. The highest BCUT2D eigenvalue weighted by Gasteiger charge is 2.42. The molecule has 4 rings (SSSR count).